The number of aromatic amines is 1. The highest BCUT2D eigenvalue weighted by atomic mass is 33.1. The second-order valence-electron chi connectivity index (χ2n) is 28.8. The summed E-state index contributed by atoms with van der Waals surface area (Å²) in [5, 5.41) is 69.1. The number of urea groups is 2. The minimum absolute atomic E-state index is 0.00480. The van der Waals surface area contributed by atoms with E-state index in [9.17, 15) is 78.0 Å². The Kier molecular flexibility index (Phi) is 34.8. The SMILES string of the molecule is C[C@@H](O)[C@@H]1NC(=O)[C@H]2CC(=O)[C@@H](NC(=O)CN)CSSC[C@H](NC(=O)[C@H](CCCNC(N)=O)CC(=O)[C@@H]3CCCN3C(=O)[C@H](CC(=O)O)CC1=O)C(=O)C[C@@H](CCCNC(N)=O)C(=O)N[C@@H](Cc1c[nH]c3ccccc13)C(=O)C[C@@H](CCC(N)=O)C(=O)N[C@H](C(=O)C[C@H](Cc1ccc(O)cc1)C(=O)O)CCCn1cc(nn1)C2. The number of ketones is 6. The van der Waals surface area contributed by atoms with Crippen molar-refractivity contribution in [2.75, 3.05) is 37.7 Å². The van der Waals surface area contributed by atoms with E-state index < -0.39 is 254 Å². The quantitative estimate of drug-likeness (QED) is 0.0314. The standard InChI is InChI=1S/C74H100N16O21S2/c1-39(91)66-62(98)31-45(33-65(101)102)71(107)90-23-7-13-56(90)61(97)29-42(9-5-21-80-74(78)111)68(104)85-55-38-113-112-37-54(82-64(100)34-75)60(96)30-44(70(106)86-66)25-48-36-89(88-87-48)22-6-12-52(57(93)32-46(72(108)109)24-40-14-17-49(92)18-15-40)83-69(105)43(16-19-63(76)99)28-58(94)53(26-47-35-81-51-11-3-2-10-50(47)51)84-67(103)41(27-59(55)95)8-4-20-79-73(77)110/h2-3,10-11,14-15,17-18,35-36,39,41-46,52-56,66,81,91-92H,4-9,12-13,16,19-34,37-38,75H2,1H3,(H2,76,99)(H,82,100)(H,83,105)(H,84,103)(H,85,104)(H,86,106)(H,101,102)(H,108,109)(H3,77,79,110)(H3,78,80,111)/t39-,41-,42-,43-,44-,45+,46+,52+,53+,54+,55+,56+,66+/m1/s1. The summed E-state index contributed by atoms with van der Waals surface area (Å²) in [6, 6.07) is 1.28. The van der Waals surface area contributed by atoms with E-state index in [1.165, 1.54) is 35.1 Å². The fraction of sp³-hybridized carbons (Fsp3) is 0.554. The van der Waals surface area contributed by atoms with Gasteiger partial charge in [0.1, 0.15) is 11.8 Å². The lowest BCUT2D eigenvalue weighted by atomic mass is 9.88. The van der Waals surface area contributed by atoms with E-state index in [1.807, 2.05) is 0 Å². The van der Waals surface area contributed by atoms with E-state index in [-0.39, 0.29) is 108 Å². The molecule has 0 radical (unpaired) electrons. The van der Waals surface area contributed by atoms with E-state index in [2.05, 4.69) is 52.5 Å². The second kappa shape index (κ2) is 44.0. The normalized spacial score (nSPS) is 24.2. The van der Waals surface area contributed by atoms with Crippen LogP contribution in [0.2, 0.25) is 0 Å². The monoisotopic (exact) mass is 1610 g/mol. The molecule has 3 aliphatic heterocycles. The van der Waals surface area contributed by atoms with Crippen LogP contribution >= 0.6 is 21.6 Å². The van der Waals surface area contributed by atoms with E-state index >= 15 is 24.0 Å². The predicted octanol–water partition coefficient (Wildman–Crippen LogP) is -0.390. The number of para-hydroxylation sites is 1. The molecule has 3 aliphatic rings. The zero-order valence-electron chi connectivity index (χ0n) is 62.5. The van der Waals surface area contributed by atoms with Gasteiger partial charge in [-0.25, -0.2) is 9.59 Å². The molecule has 0 spiro atoms. The predicted molar refractivity (Wildman–Crippen MR) is 407 cm³/mol. The molecule has 0 saturated carbocycles. The number of fused-ring (bicyclic) bond motifs is 12. The van der Waals surface area contributed by atoms with Crippen LogP contribution in [0.1, 0.15) is 133 Å². The highest BCUT2D eigenvalue weighted by Gasteiger charge is 2.43. The summed E-state index contributed by atoms with van der Waals surface area (Å²) in [5.74, 6) is -24.4. The minimum Gasteiger partial charge on any atom is -0.508 e. The number of benzene rings is 2. The number of carbonyl (C=O) groups excluding carboxylic acids is 15. The number of phenols is 1. The Hall–Kier alpha value is -10.7. The van der Waals surface area contributed by atoms with Crippen molar-refractivity contribution in [3.63, 3.8) is 0 Å². The van der Waals surface area contributed by atoms with Gasteiger partial charge in [0.15, 0.2) is 34.7 Å². The van der Waals surface area contributed by atoms with Gasteiger partial charge in [-0.15, -0.1) is 5.10 Å². The lowest BCUT2D eigenvalue weighted by Crippen LogP contribution is -2.52. The van der Waals surface area contributed by atoms with Crippen molar-refractivity contribution in [3.05, 3.63) is 77.7 Å². The molecule has 20 N–H and O–H groups in total. The summed E-state index contributed by atoms with van der Waals surface area (Å²) in [7, 11) is 1.80. The number of nitrogens with zero attached hydrogens (tertiary/aromatic N) is 4. The first kappa shape index (κ1) is 89.5. The fourth-order valence-electron chi connectivity index (χ4n) is 14.0. The molecule has 4 aromatic rings. The molecule has 2 saturated heterocycles. The first-order chi connectivity index (χ1) is 53.8. The highest BCUT2D eigenvalue weighted by molar-refractivity contribution is 8.76. The van der Waals surface area contributed by atoms with Gasteiger partial charge in [0, 0.05) is 137 Å². The third-order valence-corrected chi connectivity index (χ3v) is 22.6. The minimum atomic E-state index is -1.89. The van der Waals surface area contributed by atoms with Crippen LogP contribution in [0.15, 0.2) is 60.9 Å². The Balaban J connectivity index is 1.40. The molecule has 0 aliphatic carbocycles. The van der Waals surface area contributed by atoms with Gasteiger partial charge < -0.3 is 90.5 Å². The molecule has 5 heterocycles. The van der Waals surface area contributed by atoms with Crippen LogP contribution in [-0.4, -0.2) is 225 Å². The number of nitrogens with one attached hydrogen (secondary N) is 8. The molecule has 2 fully saturated rings. The van der Waals surface area contributed by atoms with E-state index in [0.29, 0.717) is 22.0 Å². The summed E-state index contributed by atoms with van der Waals surface area (Å²) in [6.45, 7) is -0.0144. The van der Waals surface area contributed by atoms with Crippen molar-refractivity contribution in [2.24, 2.45) is 58.4 Å². The summed E-state index contributed by atoms with van der Waals surface area (Å²) in [5.41, 5.74) is 23.8. The Morgan fingerprint density at radius 3 is 1.94 bits per heavy atom. The van der Waals surface area contributed by atoms with Crippen LogP contribution < -0.4 is 60.2 Å². The molecule has 2 aromatic carbocycles. The highest BCUT2D eigenvalue weighted by Crippen LogP contribution is 2.31. The van der Waals surface area contributed by atoms with Crippen LogP contribution in [0.25, 0.3) is 10.9 Å². The van der Waals surface area contributed by atoms with Crippen molar-refractivity contribution in [3.8, 4) is 5.75 Å². The number of aromatic hydroxyl groups is 1. The Bertz CT molecular complexity index is 4120. The molecule has 39 heteroatoms. The maximum Gasteiger partial charge on any atom is 0.312 e. The average Bonchev–Trinajstić information content (AvgIpc) is 1.72. The topological polar surface area (TPSA) is 609 Å². The number of amides is 11. The smallest absolute Gasteiger partial charge is 0.312 e. The molecule has 2 aromatic heterocycles. The number of phenolic OH excluding ortho intramolecular Hbond substituents is 1. The zero-order chi connectivity index (χ0) is 82.6. The van der Waals surface area contributed by atoms with Gasteiger partial charge in [0.25, 0.3) is 0 Å². The van der Waals surface area contributed by atoms with Gasteiger partial charge in [-0.1, -0.05) is 57.1 Å². The number of carbonyl (C=O) groups is 17. The summed E-state index contributed by atoms with van der Waals surface area (Å²) < 4.78 is 1.28. The number of nitrogens with two attached hydrogens (primary N) is 4. The van der Waals surface area contributed by atoms with Crippen LogP contribution in [0.3, 0.4) is 0 Å². The number of Topliss-reactive ketones (excluding diaryl/α,β-unsaturated/α-hetero) is 6. The molecule has 11 amide bonds. The van der Waals surface area contributed by atoms with Crippen molar-refractivity contribution in [2.45, 2.75) is 184 Å². The van der Waals surface area contributed by atoms with Crippen LogP contribution in [0.5, 0.6) is 5.75 Å². The Morgan fingerprint density at radius 1 is 0.673 bits per heavy atom. The third-order valence-electron chi connectivity index (χ3n) is 20.1. The third kappa shape index (κ3) is 28.2. The van der Waals surface area contributed by atoms with Crippen LogP contribution in [-0.2, 0) is 97.7 Å². The van der Waals surface area contributed by atoms with Crippen LogP contribution in [0, 0.1) is 35.5 Å². The average molecular weight is 1610 g/mol. The number of aryl methyl sites for hydroxylation is 1. The maximum atomic E-state index is 15.5. The number of hydrogen-bond acceptors (Lipinski definition) is 24. The lowest BCUT2D eigenvalue weighted by Gasteiger charge is -2.30. The Labute approximate surface area is 657 Å². The van der Waals surface area contributed by atoms with E-state index in [0.717, 1.165) is 33.4 Å². The van der Waals surface area contributed by atoms with Gasteiger partial charge in [-0.05, 0) is 100 Å². The summed E-state index contributed by atoms with van der Waals surface area (Å²) in [4.78, 5) is 245. The van der Waals surface area contributed by atoms with E-state index in [4.69, 9.17) is 22.9 Å². The van der Waals surface area contributed by atoms with Crippen LogP contribution in [0.4, 0.5) is 9.59 Å². The number of primary amides is 3. The molecule has 0 unspecified atom stereocenters. The number of rotatable bonds is 24. The number of H-pyrrole nitrogens is 1. The summed E-state index contributed by atoms with van der Waals surface area (Å²) >= 11 is 0. The van der Waals surface area contributed by atoms with Gasteiger partial charge in [-0.3, -0.25) is 76.6 Å². The molecule has 13 atom stereocenters. The number of hydrogen-bond donors (Lipinski definition) is 16. The zero-order valence-corrected chi connectivity index (χ0v) is 64.1. The van der Waals surface area contributed by atoms with Crippen molar-refractivity contribution in [1.29, 1.82) is 0 Å². The Morgan fingerprint density at radius 2 is 1.29 bits per heavy atom. The number of aromatic nitrogens is 4. The molecular weight excluding hydrogens is 1510 g/mol. The first-order valence-corrected chi connectivity index (χ1v) is 39.9. The second-order valence-corrected chi connectivity index (χ2v) is 31.3. The molecular formula is C74H100N16O21S2. The van der Waals surface area contributed by atoms with E-state index in [1.54, 1.807) is 30.5 Å². The van der Waals surface area contributed by atoms with Crippen molar-refractivity contribution in [1.82, 2.24) is 62.1 Å². The number of carboxylic acid groups (broad SMARTS) is 2. The molecule has 7 rings (SSSR count). The number of aliphatic carboxylic acids is 2. The van der Waals surface area contributed by atoms with Gasteiger partial charge >= 0.3 is 24.0 Å². The lowest BCUT2D eigenvalue weighted by molar-refractivity contribution is -0.148. The summed E-state index contributed by atoms with van der Waals surface area (Å²) in [6.07, 6.45) is -6.64. The van der Waals surface area contributed by atoms with Crippen molar-refractivity contribution < 1.29 is 102 Å². The molecule has 614 valence electrons. The maximum absolute atomic E-state index is 15.5. The molecule has 37 nitrogen and oxygen atoms in total. The van der Waals surface area contributed by atoms with Gasteiger partial charge in [-0.2, -0.15) is 0 Å². The van der Waals surface area contributed by atoms with Gasteiger partial charge in [0.05, 0.1) is 72.7 Å². The van der Waals surface area contributed by atoms with Gasteiger partial charge in [0.2, 0.25) is 41.4 Å². The fourth-order valence-corrected chi connectivity index (χ4v) is 16.4. The molecule has 4 bridgehead atoms. The number of aliphatic hydroxyl groups is 1. The molecule has 113 heavy (non-hydrogen) atoms. The number of aliphatic hydroxyl groups excluding tert-OH is 1. The largest absolute Gasteiger partial charge is 0.508 e. The van der Waals surface area contributed by atoms with Crippen molar-refractivity contribution >= 4 is 133 Å². The number of carboxylic acids is 2. The first-order valence-electron chi connectivity index (χ1n) is 37.4.